The summed E-state index contributed by atoms with van der Waals surface area (Å²) in [4.78, 5) is 2.45. The van der Waals surface area contributed by atoms with Gasteiger partial charge in [-0.15, -0.1) is 0 Å². The van der Waals surface area contributed by atoms with E-state index in [4.69, 9.17) is 0 Å². The second-order valence-electron chi connectivity index (χ2n) is 9.34. The highest BCUT2D eigenvalue weighted by Gasteiger charge is 2.59. The van der Waals surface area contributed by atoms with Gasteiger partial charge < -0.3 is 0 Å². The third kappa shape index (κ3) is 3.26. The van der Waals surface area contributed by atoms with E-state index in [1.54, 1.807) is 12.1 Å². The lowest BCUT2D eigenvalue weighted by atomic mass is 9.67. The third-order valence-electron chi connectivity index (χ3n) is 7.22. The highest BCUT2D eigenvalue weighted by molar-refractivity contribution is 7.92. The lowest BCUT2D eigenvalue weighted by molar-refractivity contribution is 0.223. The molecule has 1 saturated heterocycles. The molecule has 0 spiro atoms. The van der Waals surface area contributed by atoms with Gasteiger partial charge in [-0.05, 0) is 50.2 Å². The zero-order chi connectivity index (χ0) is 23.4. The lowest BCUT2D eigenvalue weighted by Gasteiger charge is -2.45. The first-order chi connectivity index (χ1) is 15.8. The molecule has 33 heavy (non-hydrogen) atoms. The summed E-state index contributed by atoms with van der Waals surface area (Å²) in [6.45, 7) is 4.78. The van der Waals surface area contributed by atoms with Gasteiger partial charge in [-0.25, -0.2) is 8.42 Å². The van der Waals surface area contributed by atoms with Crippen LogP contribution in [0.2, 0.25) is 0 Å². The standard InChI is InChI=1S/C27H27N3O2S/c1-19-8-12-21(13-9-19)24-16-29(3)26-23-6-4-5-7-25(23)30(18-27(24,26)17-28)33(31,32)22-14-10-20(2)11-15-22/h4-15,24,26H,16,18H2,1-3H3/t24-,26-,27-/m0/s1. The molecule has 0 aromatic heterocycles. The Morgan fingerprint density at radius 3 is 2.18 bits per heavy atom. The van der Waals surface area contributed by atoms with Crippen molar-refractivity contribution in [3.05, 3.63) is 95.1 Å². The van der Waals surface area contributed by atoms with Gasteiger partial charge in [0.25, 0.3) is 10.0 Å². The number of nitriles is 1. The monoisotopic (exact) mass is 457 g/mol. The predicted molar refractivity (Wildman–Crippen MR) is 129 cm³/mol. The molecule has 3 aromatic carbocycles. The molecule has 0 amide bonds. The van der Waals surface area contributed by atoms with Gasteiger partial charge in [0.05, 0.1) is 29.2 Å². The zero-order valence-corrected chi connectivity index (χ0v) is 19.9. The van der Waals surface area contributed by atoms with E-state index in [2.05, 4.69) is 35.2 Å². The highest BCUT2D eigenvalue weighted by atomic mass is 32.2. The molecule has 3 aromatic rings. The number of hydrogen-bond acceptors (Lipinski definition) is 4. The Hall–Kier alpha value is -3.14. The quantitative estimate of drug-likeness (QED) is 0.567. The molecule has 0 unspecified atom stereocenters. The minimum Gasteiger partial charge on any atom is -0.297 e. The molecule has 1 fully saturated rings. The summed E-state index contributed by atoms with van der Waals surface area (Å²) in [7, 11) is -1.81. The Kier molecular flexibility index (Phi) is 5.08. The Morgan fingerprint density at radius 1 is 0.939 bits per heavy atom. The highest BCUT2D eigenvalue weighted by Crippen LogP contribution is 2.59. The number of rotatable bonds is 3. The van der Waals surface area contributed by atoms with Gasteiger partial charge in [-0.2, -0.15) is 5.26 Å². The van der Waals surface area contributed by atoms with E-state index < -0.39 is 15.4 Å². The molecule has 0 radical (unpaired) electrons. The first kappa shape index (κ1) is 21.7. The van der Waals surface area contributed by atoms with E-state index in [1.807, 2.05) is 57.3 Å². The van der Waals surface area contributed by atoms with Crippen LogP contribution in [0.15, 0.2) is 77.7 Å². The normalized spacial score (nSPS) is 24.7. The first-order valence-corrected chi connectivity index (χ1v) is 12.6. The number of sulfonamides is 1. The Bertz CT molecular complexity index is 1340. The molecule has 0 bridgehead atoms. The van der Waals surface area contributed by atoms with Gasteiger partial charge in [-0.1, -0.05) is 65.7 Å². The smallest absolute Gasteiger partial charge is 0.264 e. The average Bonchev–Trinajstić information content (AvgIpc) is 3.12. The number of anilines is 1. The fraction of sp³-hybridized carbons (Fsp3) is 0.296. The summed E-state index contributed by atoms with van der Waals surface area (Å²) in [5, 5.41) is 10.7. The summed E-state index contributed by atoms with van der Waals surface area (Å²) in [6.07, 6.45) is 0. The topological polar surface area (TPSA) is 64.4 Å². The van der Waals surface area contributed by atoms with Crippen molar-refractivity contribution in [2.24, 2.45) is 5.41 Å². The largest absolute Gasteiger partial charge is 0.297 e. The number of para-hydroxylation sites is 1. The summed E-state index contributed by atoms with van der Waals surface area (Å²) in [5.74, 6) is -0.109. The number of hydrogen-bond donors (Lipinski definition) is 0. The Labute approximate surface area is 195 Å². The molecule has 0 aliphatic carbocycles. The van der Waals surface area contributed by atoms with Crippen LogP contribution in [-0.2, 0) is 10.0 Å². The molecule has 168 valence electrons. The second kappa shape index (κ2) is 7.72. The van der Waals surface area contributed by atoms with Gasteiger partial charge in [-0.3, -0.25) is 9.21 Å². The van der Waals surface area contributed by atoms with E-state index in [1.165, 1.54) is 4.31 Å². The van der Waals surface area contributed by atoms with Crippen LogP contribution in [0.1, 0.15) is 34.2 Å². The number of aryl methyl sites for hydroxylation is 2. The molecule has 2 aliphatic rings. The van der Waals surface area contributed by atoms with E-state index in [9.17, 15) is 13.7 Å². The number of nitrogens with zero attached hydrogens (tertiary/aromatic N) is 3. The van der Waals surface area contributed by atoms with Crippen molar-refractivity contribution < 1.29 is 8.42 Å². The van der Waals surface area contributed by atoms with Crippen LogP contribution in [0.3, 0.4) is 0 Å². The fourth-order valence-electron chi connectivity index (χ4n) is 5.55. The third-order valence-corrected chi connectivity index (χ3v) is 9.00. The van der Waals surface area contributed by atoms with E-state index >= 15 is 0 Å². The van der Waals surface area contributed by atoms with Crippen molar-refractivity contribution >= 4 is 15.7 Å². The van der Waals surface area contributed by atoms with Crippen LogP contribution < -0.4 is 4.31 Å². The van der Waals surface area contributed by atoms with Gasteiger partial charge in [0.1, 0.15) is 5.41 Å². The Morgan fingerprint density at radius 2 is 1.55 bits per heavy atom. The minimum absolute atomic E-state index is 0.109. The van der Waals surface area contributed by atoms with Gasteiger partial charge in [0, 0.05) is 12.5 Å². The van der Waals surface area contributed by atoms with E-state index in [0.29, 0.717) is 12.2 Å². The summed E-state index contributed by atoms with van der Waals surface area (Å²) in [5.41, 5.74) is 3.87. The van der Waals surface area contributed by atoms with Gasteiger partial charge in [0.2, 0.25) is 0 Å². The zero-order valence-electron chi connectivity index (χ0n) is 19.1. The number of fused-ring (bicyclic) bond motifs is 3. The molecular weight excluding hydrogens is 430 g/mol. The summed E-state index contributed by atoms with van der Waals surface area (Å²) >= 11 is 0. The van der Waals surface area contributed by atoms with Crippen molar-refractivity contribution in [2.45, 2.75) is 30.7 Å². The van der Waals surface area contributed by atoms with Gasteiger partial charge in [0.15, 0.2) is 0 Å². The number of likely N-dealkylation sites (N-methyl/N-ethyl adjacent to an activating group) is 1. The molecular formula is C27H27N3O2S. The van der Waals surface area contributed by atoms with Crippen molar-refractivity contribution in [1.29, 1.82) is 5.26 Å². The molecule has 2 heterocycles. The number of likely N-dealkylation sites (tertiary alicyclic amines) is 1. The molecule has 0 saturated carbocycles. The maximum absolute atomic E-state index is 13.9. The molecule has 2 aliphatic heterocycles. The molecule has 5 nitrogen and oxygen atoms in total. The van der Waals surface area contributed by atoms with Gasteiger partial charge >= 0.3 is 0 Å². The summed E-state index contributed by atoms with van der Waals surface area (Å²) in [6, 6.07) is 25.3. The Balaban J connectivity index is 1.70. The van der Waals surface area contributed by atoms with Crippen molar-refractivity contribution in [2.75, 3.05) is 24.4 Å². The molecule has 5 rings (SSSR count). The van der Waals surface area contributed by atoms with Crippen molar-refractivity contribution in [3.63, 3.8) is 0 Å². The second-order valence-corrected chi connectivity index (χ2v) is 11.2. The molecule has 0 N–H and O–H groups in total. The maximum atomic E-state index is 13.9. The lowest BCUT2D eigenvalue weighted by Crippen LogP contribution is -2.49. The minimum atomic E-state index is -3.85. The van der Waals surface area contributed by atoms with Crippen LogP contribution >= 0.6 is 0 Å². The van der Waals surface area contributed by atoms with Crippen molar-refractivity contribution in [3.8, 4) is 6.07 Å². The van der Waals surface area contributed by atoms with Crippen LogP contribution in [0.4, 0.5) is 5.69 Å². The molecule has 6 heteroatoms. The van der Waals surface area contributed by atoms with Crippen LogP contribution in [0.25, 0.3) is 0 Å². The van der Waals surface area contributed by atoms with E-state index in [-0.39, 0.29) is 23.4 Å². The van der Waals surface area contributed by atoms with Crippen LogP contribution in [0.5, 0.6) is 0 Å². The van der Waals surface area contributed by atoms with Crippen LogP contribution in [-0.4, -0.2) is 33.5 Å². The molecule has 3 atom stereocenters. The SMILES string of the molecule is Cc1ccc([C@@H]2CN(C)[C@H]3c4ccccc4N(S(=O)(=O)c4ccc(C)cc4)C[C@]32C#N)cc1. The van der Waals surface area contributed by atoms with E-state index in [0.717, 1.165) is 22.3 Å². The predicted octanol–water partition coefficient (Wildman–Crippen LogP) is 4.79. The first-order valence-electron chi connectivity index (χ1n) is 11.1. The van der Waals surface area contributed by atoms with Crippen molar-refractivity contribution in [1.82, 2.24) is 4.90 Å². The average molecular weight is 458 g/mol. The maximum Gasteiger partial charge on any atom is 0.264 e. The fourth-order valence-corrected chi connectivity index (χ4v) is 7.09. The number of benzene rings is 3. The van der Waals surface area contributed by atoms with Crippen LogP contribution in [0, 0.1) is 30.6 Å². The summed E-state index contributed by atoms with van der Waals surface area (Å²) < 4.78 is 29.2.